The van der Waals surface area contributed by atoms with Crippen molar-refractivity contribution in [3.8, 4) is 0 Å². The van der Waals surface area contributed by atoms with E-state index in [9.17, 15) is 4.79 Å². The standard InChI is InChI=1S/C19H39NO2/c1-6-9-11-13-15-20(16-14-12-10-7-2)18(17(4)5)19(21)22-8-3/h17-18H,6-16H2,1-5H3. The van der Waals surface area contributed by atoms with Crippen LogP contribution in [0.5, 0.6) is 0 Å². The van der Waals surface area contributed by atoms with Gasteiger partial charge in [0.2, 0.25) is 0 Å². The Bertz CT molecular complexity index is 254. The van der Waals surface area contributed by atoms with Crippen LogP contribution in [0.15, 0.2) is 0 Å². The summed E-state index contributed by atoms with van der Waals surface area (Å²) in [5, 5.41) is 0. The molecular weight excluding hydrogens is 274 g/mol. The summed E-state index contributed by atoms with van der Waals surface area (Å²) in [6.45, 7) is 13.1. The third kappa shape index (κ3) is 9.45. The van der Waals surface area contributed by atoms with Crippen LogP contribution in [0, 0.1) is 5.92 Å². The number of rotatable bonds is 14. The summed E-state index contributed by atoms with van der Waals surface area (Å²) >= 11 is 0. The topological polar surface area (TPSA) is 29.5 Å². The summed E-state index contributed by atoms with van der Waals surface area (Å²) in [5.74, 6) is 0.264. The molecule has 1 atom stereocenters. The Morgan fingerprint density at radius 2 is 1.36 bits per heavy atom. The number of hydrogen-bond donors (Lipinski definition) is 0. The quantitative estimate of drug-likeness (QED) is 0.332. The van der Waals surface area contributed by atoms with Crippen molar-refractivity contribution in [1.82, 2.24) is 4.90 Å². The van der Waals surface area contributed by atoms with E-state index in [-0.39, 0.29) is 12.0 Å². The van der Waals surface area contributed by atoms with Gasteiger partial charge in [-0.05, 0) is 38.8 Å². The molecule has 1 unspecified atom stereocenters. The number of nitrogens with zero attached hydrogens (tertiary/aromatic N) is 1. The summed E-state index contributed by atoms with van der Waals surface area (Å²) in [6, 6.07) is -0.0804. The minimum absolute atomic E-state index is 0.0384. The van der Waals surface area contributed by atoms with Crippen molar-refractivity contribution < 1.29 is 9.53 Å². The molecule has 0 aromatic carbocycles. The van der Waals surface area contributed by atoms with Gasteiger partial charge in [0.1, 0.15) is 6.04 Å². The summed E-state index contributed by atoms with van der Waals surface area (Å²) in [7, 11) is 0. The van der Waals surface area contributed by atoms with E-state index in [2.05, 4.69) is 32.6 Å². The fourth-order valence-corrected chi connectivity index (χ4v) is 2.94. The lowest BCUT2D eigenvalue weighted by molar-refractivity contribution is -0.151. The molecule has 132 valence electrons. The van der Waals surface area contributed by atoms with Gasteiger partial charge in [0, 0.05) is 0 Å². The second-order valence-corrected chi connectivity index (χ2v) is 6.60. The van der Waals surface area contributed by atoms with Crippen LogP contribution in [0.4, 0.5) is 0 Å². The predicted octanol–water partition coefficient (Wildman–Crippen LogP) is 5.04. The van der Waals surface area contributed by atoms with E-state index in [1.165, 1.54) is 51.4 Å². The average Bonchev–Trinajstić information content (AvgIpc) is 2.47. The minimum atomic E-state index is -0.0804. The van der Waals surface area contributed by atoms with Crippen molar-refractivity contribution in [3.63, 3.8) is 0 Å². The first kappa shape index (κ1) is 21.4. The van der Waals surface area contributed by atoms with Gasteiger partial charge >= 0.3 is 5.97 Å². The number of esters is 1. The van der Waals surface area contributed by atoms with Gasteiger partial charge in [-0.15, -0.1) is 0 Å². The van der Waals surface area contributed by atoms with E-state index >= 15 is 0 Å². The Hall–Kier alpha value is -0.570. The minimum Gasteiger partial charge on any atom is -0.465 e. The van der Waals surface area contributed by atoms with Gasteiger partial charge in [0.05, 0.1) is 6.61 Å². The number of carbonyl (C=O) groups excluding carboxylic acids is 1. The molecule has 3 heteroatoms. The molecule has 3 nitrogen and oxygen atoms in total. The average molecular weight is 314 g/mol. The van der Waals surface area contributed by atoms with Crippen molar-refractivity contribution in [3.05, 3.63) is 0 Å². The SMILES string of the molecule is CCCCCCN(CCCCCC)C(C(=O)OCC)C(C)C. The zero-order chi connectivity index (χ0) is 16.8. The van der Waals surface area contributed by atoms with Gasteiger partial charge in [-0.1, -0.05) is 66.2 Å². The van der Waals surface area contributed by atoms with Crippen LogP contribution in [-0.4, -0.2) is 36.6 Å². The normalized spacial score (nSPS) is 12.9. The molecule has 0 aromatic rings. The molecule has 0 rings (SSSR count). The molecule has 0 heterocycles. The smallest absolute Gasteiger partial charge is 0.323 e. The highest BCUT2D eigenvalue weighted by Crippen LogP contribution is 2.16. The largest absolute Gasteiger partial charge is 0.465 e. The molecule has 0 aliphatic heterocycles. The zero-order valence-corrected chi connectivity index (χ0v) is 15.7. The summed E-state index contributed by atoms with van der Waals surface area (Å²) in [6.07, 6.45) is 9.97. The number of carbonyl (C=O) groups is 1. The molecule has 0 amide bonds. The van der Waals surface area contributed by atoms with Crippen LogP contribution in [0.2, 0.25) is 0 Å². The fraction of sp³-hybridized carbons (Fsp3) is 0.947. The summed E-state index contributed by atoms with van der Waals surface area (Å²) < 4.78 is 5.32. The van der Waals surface area contributed by atoms with Crippen molar-refractivity contribution in [2.45, 2.75) is 92.0 Å². The van der Waals surface area contributed by atoms with E-state index in [0.717, 1.165) is 13.1 Å². The van der Waals surface area contributed by atoms with Gasteiger partial charge < -0.3 is 4.74 Å². The van der Waals surface area contributed by atoms with Gasteiger partial charge in [-0.3, -0.25) is 9.69 Å². The maximum atomic E-state index is 12.3. The molecule has 0 fully saturated rings. The van der Waals surface area contributed by atoms with Gasteiger partial charge in [0.15, 0.2) is 0 Å². The van der Waals surface area contributed by atoms with Crippen molar-refractivity contribution in [1.29, 1.82) is 0 Å². The molecule has 0 N–H and O–H groups in total. The summed E-state index contributed by atoms with van der Waals surface area (Å²) in [5.41, 5.74) is 0. The van der Waals surface area contributed by atoms with Crippen molar-refractivity contribution in [2.24, 2.45) is 5.92 Å². The maximum absolute atomic E-state index is 12.3. The second-order valence-electron chi connectivity index (χ2n) is 6.60. The lowest BCUT2D eigenvalue weighted by Gasteiger charge is -2.32. The zero-order valence-electron chi connectivity index (χ0n) is 15.7. The van der Waals surface area contributed by atoms with Crippen LogP contribution in [0.25, 0.3) is 0 Å². The molecule has 0 saturated heterocycles. The van der Waals surface area contributed by atoms with E-state index in [1.54, 1.807) is 0 Å². The van der Waals surface area contributed by atoms with Gasteiger partial charge in [-0.2, -0.15) is 0 Å². The van der Waals surface area contributed by atoms with Crippen LogP contribution in [0.1, 0.15) is 86.0 Å². The predicted molar refractivity (Wildman–Crippen MR) is 95.1 cm³/mol. The highest BCUT2D eigenvalue weighted by molar-refractivity contribution is 5.76. The lowest BCUT2D eigenvalue weighted by Crippen LogP contribution is -2.46. The molecule has 0 aromatic heterocycles. The Labute approximate surface area is 138 Å². The molecule has 0 spiro atoms. The van der Waals surface area contributed by atoms with Gasteiger partial charge in [-0.25, -0.2) is 0 Å². The first-order chi connectivity index (χ1) is 10.6. The molecule has 0 saturated carbocycles. The van der Waals surface area contributed by atoms with Crippen molar-refractivity contribution >= 4 is 5.97 Å². The second kappa shape index (κ2) is 14.0. The van der Waals surface area contributed by atoms with E-state index in [4.69, 9.17) is 4.74 Å². The van der Waals surface area contributed by atoms with E-state index in [0.29, 0.717) is 12.5 Å². The van der Waals surface area contributed by atoms with Crippen molar-refractivity contribution in [2.75, 3.05) is 19.7 Å². The monoisotopic (exact) mass is 313 g/mol. The van der Waals surface area contributed by atoms with E-state index in [1.807, 2.05) is 6.92 Å². The van der Waals surface area contributed by atoms with Crippen LogP contribution in [-0.2, 0) is 9.53 Å². The number of hydrogen-bond acceptors (Lipinski definition) is 3. The Balaban J connectivity index is 4.61. The molecule has 0 aliphatic carbocycles. The third-order valence-electron chi connectivity index (χ3n) is 4.15. The third-order valence-corrected chi connectivity index (χ3v) is 4.15. The first-order valence-corrected chi connectivity index (χ1v) is 9.49. The molecule has 0 radical (unpaired) electrons. The highest BCUT2D eigenvalue weighted by Gasteiger charge is 2.29. The first-order valence-electron chi connectivity index (χ1n) is 9.49. The molecular formula is C19H39NO2. The Morgan fingerprint density at radius 1 is 0.864 bits per heavy atom. The van der Waals surface area contributed by atoms with Crippen LogP contribution < -0.4 is 0 Å². The Morgan fingerprint density at radius 3 is 1.73 bits per heavy atom. The maximum Gasteiger partial charge on any atom is 0.323 e. The highest BCUT2D eigenvalue weighted by atomic mass is 16.5. The molecule has 0 bridgehead atoms. The van der Waals surface area contributed by atoms with E-state index < -0.39 is 0 Å². The van der Waals surface area contributed by atoms with Crippen LogP contribution in [0.3, 0.4) is 0 Å². The Kier molecular flexibility index (Phi) is 13.7. The molecule has 0 aliphatic rings. The van der Waals surface area contributed by atoms with Gasteiger partial charge in [0.25, 0.3) is 0 Å². The van der Waals surface area contributed by atoms with Crippen LogP contribution >= 0.6 is 0 Å². The molecule has 22 heavy (non-hydrogen) atoms. The number of ether oxygens (including phenoxy) is 1. The number of unbranched alkanes of at least 4 members (excludes halogenated alkanes) is 6. The lowest BCUT2D eigenvalue weighted by atomic mass is 10.0. The summed E-state index contributed by atoms with van der Waals surface area (Å²) in [4.78, 5) is 14.7. The fourth-order valence-electron chi connectivity index (χ4n) is 2.94.